The molecule has 1 atom stereocenters. The van der Waals surface area contributed by atoms with Crippen LogP contribution < -0.4 is 16.0 Å². The van der Waals surface area contributed by atoms with Crippen molar-refractivity contribution < 1.29 is 9.18 Å². The Bertz CT molecular complexity index is 1070. The first-order chi connectivity index (χ1) is 14.8. The highest BCUT2D eigenvalue weighted by Crippen LogP contribution is 2.50. The molecule has 0 bridgehead atoms. The van der Waals surface area contributed by atoms with E-state index in [1.807, 2.05) is 0 Å². The molecule has 1 aromatic heterocycles. The van der Waals surface area contributed by atoms with Gasteiger partial charge in [0.05, 0.1) is 0 Å². The minimum atomic E-state index is -0.397. The molecule has 1 saturated heterocycles. The Hall–Kier alpha value is -2.96. The summed E-state index contributed by atoms with van der Waals surface area (Å²) in [6, 6.07) is 6.30. The molecule has 31 heavy (non-hydrogen) atoms. The molecule has 3 heterocycles. The molecule has 1 aliphatic carbocycles. The highest BCUT2D eigenvalue weighted by atomic mass is 19.1. The van der Waals surface area contributed by atoms with Crippen molar-refractivity contribution in [1.82, 2.24) is 9.97 Å². The Morgan fingerprint density at radius 2 is 1.81 bits per heavy atom. The number of Topliss-reactive ketones (excluding diaryl/α,β-unsaturated/α-hetero) is 1. The van der Waals surface area contributed by atoms with Gasteiger partial charge in [0.2, 0.25) is 5.95 Å². The topological polar surface area (TPSA) is 84.1 Å². The van der Waals surface area contributed by atoms with E-state index in [0.717, 1.165) is 43.6 Å². The van der Waals surface area contributed by atoms with E-state index in [1.54, 1.807) is 12.1 Å². The minimum absolute atomic E-state index is 0.0956. The number of nitrogens with one attached hydrogen (secondary N) is 1. The average Bonchev–Trinajstić information content (AvgIpc) is 2.72. The lowest BCUT2D eigenvalue weighted by Gasteiger charge is -2.39. The minimum Gasteiger partial charge on any atom is -0.383 e. The van der Waals surface area contributed by atoms with Crippen molar-refractivity contribution in [3.63, 3.8) is 0 Å². The second-order valence-electron chi connectivity index (χ2n) is 9.66. The van der Waals surface area contributed by atoms with Crippen LogP contribution >= 0.6 is 0 Å². The lowest BCUT2D eigenvalue weighted by molar-refractivity contribution is -0.118. The molecule has 1 aromatic carbocycles. The molecule has 6 nitrogen and oxygen atoms in total. The van der Waals surface area contributed by atoms with E-state index >= 15 is 0 Å². The summed E-state index contributed by atoms with van der Waals surface area (Å²) >= 11 is 0. The van der Waals surface area contributed by atoms with E-state index < -0.39 is 5.92 Å². The van der Waals surface area contributed by atoms with Crippen molar-refractivity contribution in [3.8, 4) is 0 Å². The van der Waals surface area contributed by atoms with Crippen LogP contribution in [0.3, 0.4) is 0 Å². The predicted molar refractivity (Wildman–Crippen MR) is 119 cm³/mol. The number of nitrogens with two attached hydrogens (primary N) is 1. The molecule has 5 rings (SSSR count). The zero-order valence-electron chi connectivity index (χ0n) is 18.0. The van der Waals surface area contributed by atoms with Gasteiger partial charge in [0, 0.05) is 42.3 Å². The Kier molecular flexibility index (Phi) is 4.72. The fourth-order valence-electron chi connectivity index (χ4n) is 5.15. The Morgan fingerprint density at radius 1 is 1.10 bits per heavy atom. The van der Waals surface area contributed by atoms with Gasteiger partial charge in [0.15, 0.2) is 5.78 Å². The molecule has 3 N–H and O–H groups in total. The van der Waals surface area contributed by atoms with Crippen molar-refractivity contribution in [3.05, 3.63) is 52.5 Å². The Labute approximate surface area is 181 Å². The van der Waals surface area contributed by atoms with Gasteiger partial charge < -0.3 is 16.0 Å². The summed E-state index contributed by atoms with van der Waals surface area (Å²) in [7, 11) is 0. The number of nitrogens with zero attached hydrogens (tertiary/aromatic N) is 3. The maximum atomic E-state index is 13.7. The molecule has 0 radical (unpaired) electrons. The van der Waals surface area contributed by atoms with Crippen LogP contribution in [0.25, 0.3) is 0 Å². The van der Waals surface area contributed by atoms with Crippen molar-refractivity contribution in [1.29, 1.82) is 0 Å². The van der Waals surface area contributed by atoms with Gasteiger partial charge in [-0.05, 0) is 48.8 Å². The van der Waals surface area contributed by atoms with Gasteiger partial charge in [0.25, 0.3) is 0 Å². The number of aromatic nitrogens is 2. The first-order valence-electron chi connectivity index (χ1n) is 11.0. The number of rotatable bonds is 2. The van der Waals surface area contributed by atoms with Crippen LogP contribution in [0.4, 0.5) is 22.0 Å². The van der Waals surface area contributed by atoms with Crippen LogP contribution in [-0.2, 0) is 4.79 Å². The summed E-state index contributed by atoms with van der Waals surface area (Å²) in [5.41, 5.74) is 9.50. The normalized spacial score (nSPS) is 22.6. The van der Waals surface area contributed by atoms with Gasteiger partial charge in [-0.2, -0.15) is 9.97 Å². The van der Waals surface area contributed by atoms with Crippen molar-refractivity contribution in [2.75, 3.05) is 29.0 Å². The standard InChI is InChI=1S/C24H28FN5O/c1-24(2)12-16-19(17(31)13-24)18(14-6-8-15(25)9-7-14)20-21(26)28-23(29-22(20)27-16)30-10-4-3-5-11-30/h6-9,18H,3-5,10-13H2,1-2H3,(H3,26,27,28,29)/t18-/m1/s1. The summed E-state index contributed by atoms with van der Waals surface area (Å²) < 4.78 is 13.7. The van der Waals surface area contributed by atoms with Crippen LogP contribution in [-0.4, -0.2) is 28.8 Å². The van der Waals surface area contributed by atoms with Gasteiger partial charge in [-0.3, -0.25) is 4.79 Å². The van der Waals surface area contributed by atoms with Gasteiger partial charge in [-0.15, -0.1) is 0 Å². The zero-order chi connectivity index (χ0) is 21.8. The van der Waals surface area contributed by atoms with E-state index in [-0.39, 0.29) is 17.0 Å². The first-order valence-corrected chi connectivity index (χ1v) is 11.0. The number of halogens is 1. The number of hydrogen-bond donors (Lipinski definition) is 2. The second kappa shape index (κ2) is 7.32. The number of allylic oxidation sites excluding steroid dienone is 2. The second-order valence-corrected chi connectivity index (χ2v) is 9.66. The summed E-state index contributed by atoms with van der Waals surface area (Å²) in [6.45, 7) is 6.04. The molecule has 0 amide bonds. The summed E-state index contributed by atoms with van der Waals surface area (Å²) in [4.78, 5) is 24.9. The highest BCUT2D eigenvalue weighted by molar-refractivity contribution is 6.02. The van der Waals surface area contributed by atoms with Crippen molar-refractivity contribution in [2.45, 2.75) is 51.9 Å². The molecule has 0 unspecified atom stereocenters. The number of hydrogen-bond acceptors (Lipinski definition) is 6. The monoisotopic (exact) mass is 421 g/mol. The van der Waals surface area contributed by atoms with E-state index in [2.05, 4.69) is 29.0 Å². The number of fused-ring (bicyclic) bond motifs is 1. The third-order valence-electron chi connectivity index (χ3n) is 6.57. The fourth-order valence-corrected chi connectivity index (χ4v) is 5.15. The summed E-state index contributed by atoms with van der Waals surface area (Å²) in [5, 5.41) is 3.44. The largest absolute Gasteiger partial charge is 0.383 e. The number of piperidine rings is 1. The molecule has 1 fully saturated rings. The molecule has 3 aliphatic rings. The van der Waals surface area contributed by atoms with Crippen LogP contribution in [0.1, 0.15) is 63.0 Å². The van der Waals surface area contributed by atoms with Crippen LogP contribution in [0.5, 0.6) is 0 Å². The van der Waals surface area contributed by atoms with E-state index in [4.69, 9.17) is 10.7 Å². The fraction of sp³-hybridized carbons (Fsp3) is 0.458. The van der Waals surface area contributed by atoms with E-state index in [1.165, 1.54) is 18.6 Å². The average molecular weight is 422 g/mol. The van der Waals surface area contributed by atoms with Gasteiger partial charge >= 0.3 is 0 Å². The van der Waals surface area contributed by atoms with Crippen molar-refractivity contribution >= 4 is 23.4 Å². The summed E-state index contributed by atoms with van der Waals surface area (Å²) in [5.74, 6) is 1.05. The number of nitrogen functional groups attached to an aromatic ring is 1. The van der Waals surface area contributed by atoms with Gasteiger partial charge in [0.1, 0.15) is 17.5 Å². The molecule has 0 spiro atoms. The number of ketones is 1. The third kappa shape index (κ3) is 3.56. The molecular formula is C24H28FN5O. The number of anilines is 3. The zero-order valence-corrected chi connectivity index (χ0v) is 18.0. The predicted octanol–water partition coefficient (Wildman–Crippen LogP) is 4.39. The molecule has 0 saturated carbocycles. The van der Waals surface area contributed by atoms with Crippen LogP contribution in [0, 0.1) is 11.2 Å². The Morgan fingerprint density at radius 3 is 2.52 bits per heavy atom. The molecular weight excluding hydrogens is 393 g/mol. The lowest BCUT2D eigenvalue weighted by atomic mass is 9.69. The Balaban J connectivity index is 1.67. The molecule has 2 aromatic rings. The number of carbonyl (C=O) groups excluding carboxylic acids is 1. The number of carbonyl (C=O) groups is 1. The highest BCUT2D eigenvalue weighted by Gasteiger charge is 2.42. The van der Waals surface area contributed by atoms with E-state index in [9.17, 15) is 9.18 Å². The SMILES string of the molecule is CC1(C)CC(=O)C2=C(C1)Nc1nc(N3CCCCC3)nc(N)c1[C@@H]2c1ccc(F)cc1. The van der Waals surface area contributed by atoms with Crippen molar-refractivity contribution in [2.24, 2.45) is 5.41 Å². The maximum absolute atomic E-state index is 13.7. The van der Waals surface area contributed by atoms with Gasteiger partial charge in [-0.1, -0.05) is 26.0 Å². The first kappa shape index (κ1) is 20.0. The quantitative estimate of drug-likeness (QED) is 0.748. The molecule has 162 valence electrons. The summed E-state index contributed by atoms with van der Waals surface area (Å²) in [6.07, 6.45) is 4.66. The van der Waals surface area contributed by atoms with Crippen LogP contribution in [0.2, 0.25) is 0 Å². The maximum Gasteiger partial charge on any atom is 0.229 e. The lowest BCUT2D eigenvalue weighted by Crippen LogP contribution is -2.36. The van der Waals surface area contributed by atoms with Gasteiger partial charge in [-0.25, -0.2) is 4.39 Å². The smallest absolute Gasteiger partial charge is 0.229 e. The third-order valence-corrected chi connectivity index (χ3v) is 6.57. The molecule has 7 heteroatoms. The van der Waals surface area contributed by atoms with E-state index in [0.29, 0.717) is 35.1 Å². The molecule has 2 aliphatic heterocycles. The number of benzene rings is 1. The van der Waals surface area contributed by atoms with Crippen LogP contribution in [0.15, 0.2) is 35.5 Å².